The zero-order valence-corrected chi connectivity index (χ0v) is 12.2. The van der Waals surface area contributed by atoms with Crippen LogP contribution in [0.1, 0.15) is 19.3 Å². The number of hydrogen-bond donors (Lipinski definition) is 1. The van der Waals surface area contributed by atoms with E-state index < -0.39 is 0 Å². The molecule has 1 aliphatic rings. The van der Waals surface area contributed by atoms with E-state index in [1.807, 2.05) is 18.2 Å². The first-order valence-electron chi connectivity index (χ1n) is 6.17. The lowest BCUT2D eigenvalue weighted by atomic mass is 10.3. The maximum atomic E-state index is 6.04. The maximum absolute atomic E-state index is 6.04. The minimum atomic E-state index is 0.759. The summed E-state index contributed by atoms with van der Waals surface area (Å²) < 4.78 is 0.961. The summed E-state index contributed by atoms with van der Waals surface area (Å²) in [5, 5.41) is 4.18. The highest BCUT2D eigenvalue weighted by atomic mass is 79.9. The first kappa shape index (κ1) is 13.2. The SMILES string of the molecule is Clc1cccc(NCCCN2CCCC2)c1Br. The average molecular weight is 318 g/mol. The highest BCUT2D eigenvalue weighted by Gasteiger charge is 2.10. The van der Waals surface area contributed by atoms with E-state index in [1.54, 1.807) is 0 Å². The van der Waals surface area contributed by atoms with Gasteiger partial charge in [0.15, 0.2) is 0 Å². The molecule has 1 aliphatic heterocycles. The highest BCUT2D eigenvalue weighted by Crippen LogP contribution is 2.29. The lowest BCUT2D eigenvalue weighted by Crippen LogP contribution is -2.22. The van der Waals surface area contributed by atoms with Crippen LogP contribution in [0.4, 0.5) is 5.69 Å². The maximum Gasteiger partial charge on any atom is 0.0593 e. The molecule has 1 heterocycles. The Kier molecular flexibility index (Phi) is 5.14. The van der Waals surface area contributed by atoms with E-state index in [0.29, 0.717) is 0 Å². The van der Waals surface area contributed by atoms with Gasteiger partial charge in [-0.25, -0.2) is 0 Å². The average Bonchev–Trinajstić information content (AvgIpc) is 2.83. The second-order valence-corrected chi connectivity index (χ2v) is 5.63. The fourth-order valence-corrected chi connectivity index (χ4v) is 2.75. The van der Waals surface area contributed by atoms with Crippen LogP contribution in [-0.2, 0) is 0 Å². The molecule has 0 spiro atoms. The molecule has 0 radical (unpaired) electrons. The number of rotatable bonds is 5. The van der Waals surface area contributed by atoms with Crippen molar-refractivity contribution in [2.24, 2.45) is 0 Å². The van der Waals surface area contributed by atoms with E-state index in [-0.39, 0.29) is 0 Å². The van der Waals surface area contributed by atoms with E-state index in [1.165, 1.54) is 38.9 Å². The zero-order valence-electron chi connectivity index (χ0n) is 9.88. The van der Waals surface area contributed by atoms with Crippen LogP contribution in [0.2, 0.25) is 5.02 Å². The number of halogens is 2. The number of nitrogens with one attached hydrogen (secondary N) is 1. The van der Waals surface area contributed by atoms with Crippen molar-refractivity contribution in [2.75, 3.05) is 31.5 Å². The summed E-state index contributed by atoms with van der Waals surface area (Å²) in [5.74, 6) is 0. The molecular weight excluding hydrogens is 300 g/mol. The van der Waals surface area contributed by atoms with Crippen LogP contribution in [0, 0.1) is 0 Å². The lowest BCUT2D eigenvalue weighted by molar-refractivity contribution is 0.337. The number of hydrogen-bond acceptors (Lipinski definition) is 2. The molecule has 0 atom stereocenters. The van der Waals surface area contributed by atoms with E-state index in [2.05, 4.69) is 26.1 Å². The Morgan fingerprint density at radius 2 is 2.06 bits per heavy atom. The van der Waals surface area contributed by atoms with Crippen molar-refractivity contribution in [1.29, 1.82) is 0 Å². The van der Waals surface area contributed by atoms with E-state index in [0.717, 1.165) is 21.7 Å². The molecule has 0 saturated carbocycles. The molecule has 17 heavy (non-hydrogen) atoms. The second-order valence-electron chi connectivity index (χ2n) is 4.43. The molecule has 0 amide bonds. The molecule has 1 aromatic rings. The molecule has 1 saturated heterocycles. The minimum Gasteiger partial charge on any atom is -0.384 e. The largest absolute Gasteiger partial charge is 0.384 e. The van der Waals surface area contributed by atoms with Crippen molar-refractivity contribution in [2.45, 2.75) is 19.3 Å². The smallest absolute Gasteiger partial charge is 0.0593 e. The number of nitrogens with zero attached hydrogens (tertiary/aromatic N) is 1. The fourth-order valence-electron chi connectivity index (χ4n) is 2.17. The predicted octanol–water partition coefficient (Wildman–Crippen LogP) is 4.00. The van der Waals surface area contributed by atoms with Crippen molar-refractivity contribution < 1.29 is 0 Å². The van der Waals surface area contributed by atoms with E-state index >= 15 is 0 Å². The lowest BCUT2D eigenvalue weighted by Gasteiger charge is -2.15. The molecule has 0 aliphatic carbocycles. The molecule has 4 heteroatoms. The molecule has 2 nitrogen and oxygen atoms in total. The summed E-state index contributed by atoms with van der Waals surface area (Å²) in [6.45, 7) is 4.75. The normalized spacial score (nSPS) is 16.4. The van der Waals surface area contributed by atoms with Crippen molar-refractivity contribution >= 4 is 33.2 Å². The molecular formula is C13H18BrClN2. The summed E-state index contributed by atoms with van der Waals surface area (Å²) in [6.07, 6.45) is 3.92. The van der Waals surface area contributed by atoms with Crippen LogP contribution in [-0.4, -0.2) is 31.1 Å². The molecule has 0 bridgehead atoms. The van der Waals surface area contributed by atoms with Gasteiger partial charge in [-0.3, -0.25) is 0 Å². The third kappa shape index (κ3) is 3.87. The Balaban J connectivity index is 1.72. The van der Waals surface area contributed by atoms with Gasteiger partial charge < -0.3 is 10.2 Å². The Morgan fingerprint density at radius 1 is 1.29 bits per heavy atom. The molecule has 1 N–H and O–H groups in total. The van der Waals surface area contributed by atoms with Gasteiger partial charge in [0, 0.05) is 12.2 Å². The van der Waals surface area contributed by atoms with Crippen LogP contribution in [0.5, 0.6) is 0 Å². The van der Waals surface area contributed by atoms with Crippen LogP contribution < -0.4 is 5.32 Å². The molecule has 2 rings (SSSR count). The minimum absolute atomic E-state index is 0.759. The summed E-state index contributed by atoms with van der Waals surface area (Å²) in [6, 6.07) is 5.91. The summed E-state index contributed by atoms with van der Waals surface area (Å²) >= 11 is 9.53. The number of benzene rings is 1. The zero-order chi connectivity index (χ0) is 12.1. The van der Waals surface area contributed by atoms with Crippen LogP contribution in [0.15, 0.2) is 22.7 Å². The third-order valence-corrected chi connectivity index (χ3v) is 4.51. The van der Waals surface area contributed by atoms with Crippen LogP contribution >= 0.6 is 27.5 Å². The Hall–Kier alpha value is -0.250. The first-order valence-corrected chi connectivity index (χ1v) is 7.35. The third-order valence-electron chi connectivity index (χ3n) is 3.12. The highest BCUT2D eigenvalue weighted by molar-refractivity contribution is 9.10. The predicted molar refractivity (Wildman–Crippen MR) is 77.9 cm³/mol. The summed E-state index contributed by atoms with van der Waals surface area (Å²) in [4.78, 5) is 2.54. The fraction of sp³-hybridized carbons (Fsp3) is 0.538. The van der Waals surface area contributed by atoms with Crippen molar-refractivity contribution in [3.8, 4) is 0 Å². The number of anilines is 1. The van der Waals surface area contributed by atoms with Gasteiger partial charge in [0.05, 0.1) is 9.50 Å². The second kappa shape index (κ2) is 6.62. The molecule has 1 fully saturated rings. The Labute approximate surface area is 116 Å². The van der Waals surface area contributed by atoms with Gasteiger partial charge in [0.2, 0.25) is 0 Å². The summed E-state index contributed by atoms with van der Waals surface area (Å²) in [5.41, 5.74) is 1.08. The molecule has 94 valence electrons. The summed E-state index contributed by atoms with van der Waals surface area (Å²) in [7, 11) is 0. The standard InChI is InChI=1S/C13H18BrClN2/c14-13-11(15)5-3-6-12(13)16-7-4-10-17-8-1-2-9-17/h3,5-6,16H,1-2,4,7-10H2. The van der Waals surface area contributed by atoms with Crippen molar-refractivity contribution in [1.82, 2.24) is 4.90 Å². The van der Waals surface area contributed by atoms with Gasteiger partial charge in [0.1, 0.15) is 0 Å². The molecule has 0 aromatic heterocycles. The van der Waals surface area contributed by atoms with Gasteiger partial charge in [-0.15, -0.1) is 0 Å². The van der Waals surface area contributed by atoms with Crippen molar-refractivity contribution in [3.05, 3.63) is 27.7 Å². The monoisotopic (exact) mass is 316 g/mol. The van der Waals surface area contributed by atoms with Gasteiger partial charge in [-0.2, -0.15) is 0 Å². The van der Waals surface area contributed by atoms with Crippen LogP contribution in [0.25, 0.3) is 0 Å². The van der Waals surface area contributed by atoms with E-state index in [4.69, 9.17) is 11.6 Å². The first-order chi connectivity index (χ1) is 8.27. The Morgan fingerprint density at radius 3 is 2.82 bits per heavy atom. The topological polar surface area (TPSA) is 15.3 Å². The van der Waals surface area contributed by atoms with Crippen LogP contribution in [0.3, 0.4) is 0 Å². The molecule has 1 aromatic carbocycles. The van der Waals surface area contributed by atoms with Gasteiger partial charge >= 0.3 is 0 Å². The number of likely N-dealkylation sites (tertiary alicyclic amines) is 1. The van der Waals surface area contributed by atoms with E-state index in [9.17, 15) is 0 Å². The quantitative estimate of drug-likeness (QED) is 0.826. The van der Waals surface area contributed by atoms with Gasteiger partial charge in [-0.1, -0.05) is 17.7 Å². The van der Waals surface area contributed by atoms with Gasteiger partial charge in [0.25, 0.3) is 0 Å². The Bertz CT molecular complexity index is 364. The molecule has 0 unspecified atom stereocenters. The van der Waals surface area contributed by atoms with Gasteiger partial charge in [-0.05, 0) is 67.0 Å². The van der Waals surface area contributed by atoms with Crippen molar-refractivity contribution in [3.63, 3.8) is 0 Å².